The molecule has 0 saturated carbocycles. The standard InChI is InChI=1S/C33H28F6N2O6/c1-29(2,3)21-13-22(24(43)14-23(21)42)40-25(44)17-9-7-15(11-19(17)26(40)45)31(32(34,35)36,33(37,38)39)16-8-10-18-20(12-16)28(47)41(27(18)46)30(4,5)6/h7-14,42-43H,1-6H3. The number of fused-ring (bicyclic) bond motifs is 2. The average molecular weight is 663 g/mol. The largest absolute Gasteiger partial charge is 0.508 e. The lowest BCUT2D eigenvalue weighted by atomic mass is 9.71. The normalized spacial score (nSPS) is 15.9. The smallest absolute Gasteiger partial charge is 0.411 e. The fraction of sp³-hybridized carbons (Fsp3) is 0.333. The molecular formula is C33H28F6N2O6. The Bertz CT molecular complexity index is 1890. The van der Waals surface area contributed by atoms with E-state index in [0.29, 0.717) is 35.2 Å². The fourth-order valence-corrected chi connectivity index (χ4v) is 6.10. The first-order valence-electron chi connectivity index (χ1n) is 14.1. The van der Waals surface area contributed by atoms with Crippen LogP contribution in [0.25, 0.3) is 0 Å². The van der Waals surface area contributed by atoms with Crippen LogP contribution in [0.4, 0.5) is 32.0 Å². The van der Waals surface area contributed by atoms with Crippen LogP contribution < -0.4 is 4.90 Å². The van der Waals surface area contributed by atoms with E-state index >= 15 is 26.3 Å². The molecule has 0 aromatic heterocycles. The molecule has 8 nitrogen and oxygen atoms in total. The lowest BCUT2D eigenvalue weighted by molar-refractivity contribution is -0.288. The number of carbonyl (C=O) groups is 4. The SMILES string of the molecule is CC(C)(C)c1cc(N2C(=O)c3ccc(C(c4ccc5c(c4)C(=O)N(C(C)(C)C)C5=O)(C(F)(F)F)C(F)(F)F)cc3C2=O)c(O)cc1O. The number of rotatable bonds is 3. The van der Waals surface area contributed by atoms with E-state index in [1.54, 1.807) is 20.8 Å². The van der Waals surface area contributed by atoms with Crippen molar-refractivity contribution in [1.82, 2.24) is 4.90 Å². The highest BCUT2D eigenvalue weighted by atomic mass is 19.4. The van der Waals surface area contributed by atoms with Crippen molar-refractivity contribution in [3.63, 3.8) is 0 Å². The second-order valence-electron chi connectivity index (χ2n) is 13.4. The number of carbonyl (C=O) groups excluding carboxylic acids is 4. The fourth-order valence-electron chi connectivity index (χ4n) is 6.10. The van der Waals surface area contributed by atoms with Crippen LogP contribution in [0.2, 0.25) is 0 Å². The predicted octanol–water partition coefficient (Wildman–Crippen LogP) is 7.00. The minimum atomic E-state index is -6.12. The maximum Gasteiger partial charge on any atom is 0.411 e. The number of benzene rings is 3. The van der Waals surface area contributed by atoms with Gasteiger partial charge in [-0.15, -0.1) is 0 Å². The molecule has 248 valence electrons. The molecular weight excluding hydrogens is 634 g/mol. The Morgan fingerprint density at radius 1 is 0.553 bits per heavy atom. The van der Waals surface area contributed by atoms with E-state index in [0.717, 1.165) is 23.1 Å². The summed E-state index contributed by atoms with van der Waals surface area (Å²) in [5, 5.41) is 20.9. The van der Waals surface area contributed by atoms with Gasteiger partial charge in [-0.05, 0) is 67.6 Å². The number of amides is 4. The number of phenolic OH excluding ortho intramolecular Hbond substituents is 2. The first-order valence-corrected chi connectivity index (χ1v) is 14.1. The number of anilines is 1. The Kier molecular flexibility index (Phi) is 7.17. The molecule has 0 atom stereocenters. The van der Waals surface area contributed by atoms with Gasteiger partial charge < -0.3 is 10.2 Å². The third kappa shape index (κ3) is 4.75. The van der Waals surface area contributed by atoms with Crippen LogP contribution in [0.1, 0.15) is 99.7 Å². The third-order valence-electron chi connectivity index (χ3n) is 8.30. The van der Waals surface area contributed by atoms with Gasteiger partial charge in [0.1, 0.15) is 11.5 Å². The molecule has 14 heteroatoms. The van der Waals surface area contributed by atoms with Crippen molar-refractivity contribution in [1.29, 1.82) is 0 Å². The molecule has 0 radical (unpaired) electrons. The number of halogens is 6. The molecule has 2 aliphatic rings. The second kappa shape index (κ2) is 10.1. The second-order valence-corrected chi connectivity index (χ2v) is 13.4. The minimum Gasteiger partial charge on any atom is -0.508 e. The van der Waals surface area contributed by atoms with E-state index in [2.05, 4.69) is 0 Å². The molecule has 0 bridgehead atoms. The number of phenols is 2. The summed E-state index contributed by atoms with van der Waals surface area (Å²) in [6, 6.07) is 4.98. The van der Waals surface area contributed by atoms with E-state index < -0.39 is 91.6 Å². The Balaban J connectivity index is 1.72. The summed E-state index contributed by atoms with van der Waals surface area (Å²) in [6.45, 7) is 9.44. The molecule has 0 saturated heterocycles. The average Bonchev–Trinajstić information content (AvgIpc) is 3.30. The highest BCUT2D eigenvalue weighted by molar-refractivity contribution is 6.35. The van der Waals surface area contributed by atoms with Crippen molar-refractivity contribution in [3.05, 3.63) is 87.5 Å². The van der Waals surface area contributed by atoms with Crippen LogP contribution in [-0.4, -0.2) is 56.6 Å². The Morgan fingerprint density at radius 2 is 0.979 bits per heavy atom. The van der Waals surface area contributed by atoms with Gasteiger partial charge >= 0.3 is 12.4 Å². The van der Waals surface area contributed by atoms with Crippen molar-refractivity contribution >= 4 is 29.3 Å². The summed E-state index contributed by atoms with van der Waals surface area (Å²) in [5.41, 5.74) is -12.3. The van der Waals surface area contributed by atoms with Crippen molar-refractivity contribution in [2.45, 2.75) is 70.3 Å². The first-order chi connectivity index (χ1) is 21.4. The minimum absolute atomic E-state index is 0.186. The summed E-state index contributed by atoms with van der Waals surface area (Å²) >= 11 is 0. The van der Waals surface area contributed by atoms with Crippen molar-refractivity contribution in [2.75, 3.05) is 4.90 Å². The predicted molar refractivity (Wildman–Crippen MR) is 156 cm³/mol. The van der Waals surface area contributed by atoms with Gasteiger partial charge in [0, 0.05) is 17.2 Å². The zero-order valence-corrected chi connectivity index (χ0v) is 25.8. The summed E-state index contributed by atoms with van der Waals surface area (Å²) in [5.74, 6) is -5.54. The molecule has 47 heavy (non-hydrogen) atoms. The van der Waals surface area contributed by atoms with Crippen LogP contribution in [0.15, 0.2) is 48.5 Å². The zero-order chi connectivity index (χ0) is 35.4. The van der Waals surface area contributed by atoms with Crippen LogP contribution in [-0.2, 0) is 10.8 Å². The molecule has 0 spiro atoms. The molecule has 3 aromatic carbocycles. The number of hydrogen-bond donors (Lipinski definition) is 2. The molecule has 3 aromatic rings. The number of hydrogen-bond acceptors (Lipinski definition) is 6. The quantitative estimate of drug-likeness (QED) is 0.231. The first kappa shape index (κ1) is 33.5. The van der Waals surface area contributed by atoms with Crippen molar-refractivity contribution in [2.24, 2.45) is 0 Å². The lowest BCUT2D eigenvalue weighted by Gasteiger charge is -2.38. The van der Waals surface area contributed by atoms with Crippen LogP contribution in [0.3, 0.4) is 0 Å². The molecule has 2 aliphatic heterocycles. The Hall–Kier alpha value is -4.88. The van der Waals surface area contributed by atoms with Crippen molar-refractivity contribution in [3.8, 4) is 11.5 Å². The van der Waals surface area contributed by atoms with Gasteiger partial charge in [0.15, 0.2) is 0 Å². The topological polar surface area (TPSA) is 115 Å². The number of alkyl halides is 6. The number of imide groups is 2. The van der Waals surface area contributed by atoms with Gasteiger partial charge in [-0.2, -0.15) is 26.3 Å². The number of aromatic hydroxyl groups is 2. The summed E-state index contributed by atoms with van der Waals surface area (Å²) in [4.78, 5) is 54.1. The third-order valence-corrected chi connectivity index (χ3v) is 8.30. The van der Waals surface area contributed by atoms with E-state index in [1.807, 2.05) is 0 Å². The summed E-state index contributed by atoms with van der Waals surface area (Å²) in [6.07, 6.45) is -12.2. The number of nitrogens with zero attached hydrogens (tertiary/aromatic N) is 2. The van der Waals surface area contributed by atoms with Gasteiger partial charge in [-0.3, -0.25) is 24.1 Å². The zero-order valence-electron chi connectivity index (χ0n) is 25.8. The van der Waals surface area contributed by atoms with E-state index in [9.17, 15) is 29.4 Å². The molecule has 0 fully saturated rings. The van der Waals surface area contributed by atoms with Crippen LogP contribution in [0.5, 0.6) is 11.5 Å². The molecule has 2 heterocycles. The van der Waals surface area contributed by atoms with Gasteiger partial charge in [0.05, 0.1) is 27.9 Å². The molecule has 4 amide bonds. The van der Waals surface area contributed by atoms with Gasteiger partial charge in [-0.25, -0.2) is 4.90 Å². The molecule has 0 aliphatic carbocycles. The Morgan fingerprint density at radius 3 is 1.43 bits per heavy atom. The van der Waals surface area contributed by atoms with Gasteiger partial charge in [0.2, 0.25) is 5.41 Å². The van der Waals surface area contributed by atoms with Crippen molar-refractivity contribution < 1.29 is 55.7 Å². The summed E-state index contributed by atoms with van der Waals surface area (Å²) < 4.78 is 90.3. The van der Waals surface area contributed by atoms with E-state index in [1.165, 1.54) is 20.8 Å². The van der Waals surface area contributed by atoms with E-state index in [-0.39, 0.29) is 16.9 Å². The van der Waals surface area contributed by atoms with Crippen LogP contribution in [0, 0.1) is 0 Å². The maximum absolute atomic E-state index is 15.0. The van der Waals surface area contributed by atoms with Gasteiger partial charge in [0.25, 0.3) is 23.6 Å². The lowest BCUT2D eigenvalue weighted by Crippen LogP contribution is -2.55. The maximum atomic E-state index is 15.0. The highest BCUT2D eigenvalue weighted by Gasteiger charge is 2.73. The summed E-state index contributed by atoms with van der Waals surface area (Å²) in [7, 11) is 0. The van der Waals surface area contributed by atoms with Crippen LogP contribution >= 0.6 is 0 Å². The molecule has 0 unspecified atom stereocenters. The molecule has 5 rings (SSSR count). The molecule has 2 N–H and O–H groups in total. The van der Waals surface area contributed by atoms with E-state index in [4.69, 9.17) is 0 Å². The highest BCUT2D eigenvalue weighted by Crippen LogP contribution is 2.57. The monoisotopic (exact) mass is 662 g/mol. The van der Waals surface area contributed by atoms with Gasteiger partial charge in [-0.1, -0.05) is 32.9 Å². The Labute approximate surface area is 264 Å².